The average Bonchev–Trinajstić information content (AvgIpc) is 3.20. The van der Waals surface area contributed by atoms with Crippen molar-refractivity contribution in [1.29, 1.82) is 0 Å². The predicted octanol–water partition coefficient (Wildman–Crippen LogP) is 12.3. The van der Waals surface area contributed by atoms with Crippen molar-refractivity contribution in [3.05, 3.63) is 176 Å². The monoisotopic (exact) mass is 635 g/mol. The number of aromatic nitrogens is 3. The van der Waals surface area contributed by atoms with Crippen molar-refractivity contribution in [3.8, 4) is 44.9 Å². The van der Waals surface area contributed by atoms with E-state index < -0.39 is 0 Å². The van der Waals surface area contributed by atoms with E-state index in [2.05, 4.69) is 152 Å². The van der Waals surface area contributed by atoms with Gasteiger partial charge in [0.05, 0.1) is 5.69 Å². The summed E-state index contributed by atoms with van der Waals surface area (Å²) in [6, 6.07) is 56.3. The molecular weight excluding hydrogens is 607 g/mol. The molecule has 0 unspecified atom stereocenters. The summed E-state index contributed by atoms with van der Waals surface area (Å²) in [5, 5.41) is 12.1. The summed E-state index contributed by atoms with van der Waals surface area (Å²) in [6.07, 6.45) is 5.65. The molecule has 0 aliphatic rings. The van der Waals surface area contributed by atoms with Gasteiger partial charge in [-0.3, -0.25) is 4.98 Å². The van der Waals surface area contributed by atoms with Crippen LogP contribution in [0.15, 0.2) is 176 Å². The maximum atomic E-state index is 5.17. The summed E-state index contributed by atoms with van der Waals surface area (Å²) in [7, 11) is 0. The van der Waals surface area contributed by atoms with Crippen LogP contribution in [0.3, 0.4) is 0 Å². The molecule has 0 saturated carbocycles. The van der Waals surface area contributed by atoms with Crippen molar-refractivity contribution in [2.75, 3.05) is 0 Å². The maximum absolute atomic E-state index is 5.17. The number of hydrogen-bond acceptors (Lipinski definition) is 3. The molecule has 10 rings (SSSR count). The van der Waals surface area contributed by atoms with Crippen LogP contribution in [0.5, 0.6) is 0 Å². The molecule has 8 aromatic carbocycles. The van der Waals surface area contributed by atoms with Gasteiger partial charge in [0.25, 0.3) is 0 Å². The van der Waals surface area contributed by atoms with Crippen molar-refractivity contribution in [2.24, 2.45) is 0 Å². The molecule has 0 amide bonds. The van der Waals surface area contributed by atoms with Crippen LogP contribution in [0.1, 0.15) is 0 Å². The van der Waals surface area contributed by atoms with E-state index in [9.17, 15) is 0 Å². The summed E-state index contributed by atoms with van der Waals surface area (Å²) in [6.45, 7) is 0. The SMILES string of the molecule is c1ccc(-c2ccc3c(-c4ccc(-c5ccc6c7ccccc7c7ccccc7c6c5)cn4)c4ccccc4c(-c4ncccn4)c3c2)cc1. The number of rotatable bonds is 4. The molecule has 0 saturated heterocycles. The van der Waals surface area contributed by atoms with Gasteiger partial charge in [-0.2, -0.15) is 0 Å². The van der Waals surface area contributed by atoms with Gasteiger partial charge in [-0.25, -0.2) is 9.97 Å². The van der Waals surface area contributed by atoms with Gasteiger partial charge in [0.1, 0.15) is 0 Å². The standard InChI is InChI=1S/C47H29N3/c1-2-11-30(12-3-1)31-20-23-41-43(28-31)46(47-48-25-10-26-49-47)40-18-9-8-17-39(40)45(41)44-24-21-33(29-50-44)32-19-22-38-36-15-5-4-13-34(36)35-14-6-7-16-37(35)42(38)27-32/h1-29H. The fourth-order valence-electron chi connectivity index (χ4n) is 7.73. The topological polar surface area (TPSA) is 38.7 Å². The summed E-state index contributed by atoms with van der Waals surface area (Å²) < 4.78 is 0. The fourth-order valence-corrected chi connectivity index (χ4v) is 7.73. The highest BCUT2D eigenvalue weighted by Gasteiger charge is 2.19. The summed E-state index contributed by atoms with van der Waals surface area (Å²) >= 11 is 0. The van der Waals surface area contributed by atoms with E-state index in [4.69, 9.17) is 15.0 Å². The molecule has 0 spiro atoms. The van der Waals surface area contributed by atoms with Crippen molar-refractivity contribution in [1.82, 2.24) is 15.0 Å². The Hall–Kier alpha value is -6.71. The van der Waals surface area contributed by atoms with E-state index in [0.717, 1.165) is 55.1 Å². The number of benzene rings is 8. The lowest BCUT2D eigenvalue weighted by Crippen LogP contribution is -1.95. The average molecular weight is 636 g/mol. The lowest BCUT2D eigenvalue weighted by molar-refractivity contribution is 1.18. The molecule has 0 aliphatic carbocycles. The van der Waals surface area contributed by atoms with Crippen molar-refractivity contribution >= 4 is 53.9 Å². The fraction of sp³-hybridized carbons (Fsp3) is 0. The van der Waals surface area contributed by atoms with Crippen LogP contribution in [0.2, 0.25) is 0 Å². The Balaban J connectivity index is 1.17. The van der Waals surface area contributed by atoms with Crippen LogP contribution in [0, 0.1) is 0 Å². The molecule has 0 atom stereocenters. The first kappa shape index (κ1) is 28.3. The zero-order valence-corrected chi connectivity index (χ0v) is 27.1. The van der Waals surface area contributed by atoms with Gasteiger partial charge in [0.15, 0.2) is 5.82 Å². The molecule has 3 heteroatoms. The van der Waals surface area contributed by atoms with E-state index in [0.29, 0.717) is 5.82 Å². The molecule has 2 aromatic heterocycles. The Morgan fingerprint density at radius 3 is 1.40 bits per heavy atom. The molecule has 0 aliphatic heterocycles. The largest absolute Gasteiger partial charge is 0.256 e. The van der Waals surface area contributed by atoms with Crippen molar-refractivity contribution in [2.45, 2.75) is 0 Å². The van der Waals surface area contributed by atoms with Crippen LogP contribution < -0.4 is 0 Å². The molecule has 0 radical (unpaired) electrons. The van der Waals surface area contributed by atoms with Gasteiger partial charge in [-0.15, -0.1) is 0 Å². The highest BCUT2D eigenvalue weighted by Crippen LogP contribution is 2.44. The van der Waals surface area contributed by atoms with E-state index >= 15 is 0 Å². The molecule has 0 N–H and O–H groups in total. The zero-order valence-electron chi connectivity index (χ0n) is 27.1. The summed E-state index contributed by atoms with van der Waals surface area (Å²) in [5.74, 6) is 0.713. The van der Waals surface area contributed by atoms with E-state index in [-0.39, 0.29) is 0 Å². The smallest absolute Gasteiger partial charge is 0.160 e. The highest BCUT2D eigenvalue weighted by atomic mass is 14.9. The molecule has 0 bridgehead atoms. The minimum absolute atomic E-state index is 0.713. The van der Waals surface area contributed by atoms with Gasteiger partial charge >= 0.3 is 0 Å². The molecule has 50 heavy (non-hydrogen) atoms. The van der Waals surface area contributed by atoms with Crippen LogP contribution in [0.25, 0.3) is 98.8 Å². The first-order chi connectivity index (χ1) is 24.8. The number of pyridine rings is 1. The van der Waals surface area contributed by atoms with E-state index in [1.54, 1.807) is 0 Å². The van der Waals surface area contributed by atoms with Gasteiger partial charge in [-0.05, 0) is 94.8 Å². The Morgan fingerprint density at radius 2 is 0.760 bits per heavy atom. The molecule has 232 valence electrons. The van der Waals surface area contributed by atoms with Gasteiger partial charge < -0.3 is 0 Å². The van der Waals surface area contributed by atoms with Crippen molar-refractivity contribution in [3.63, 3.8) is 0 Å². The van der Waals surface area contributed by atoms with Crippen LogP contribution in [-0.4, -0.2) is 15.0 Å². The minimum Gasteiger partial charge on any atom is -0.256 e. The Kier molecular flexibility index (Phi) is 6.49. The summed E-state index contributed by atoms with van der Waals surface area (Å²) in [5.41, 5.74) is 7.62. The highest BCUT2D eigenvalue weighted by molar-refractivity contribution is 6.26. The normalized spacial score (nSPS) is 11.6. The van der Waals surface area contributed by atoms with Crippen LogP contribution in [-0.2, 0) is 0 Å². The predicted molar refractivity (Wildman–Crippen MR) is 209 cm³/mol. The molecule has 3 nitrogen and oxygen atoms in total. The van der Waals surface area contributed by atoms with Gasteiger partial charge in [-0.1, -0.05) is 133 Å². The van der Waals surface area contributed by atoms with Gasteiger partial charge in [0, 0.05) is 35.3 Å². The lowest BCUT2D eigenvalue weighted by atomic mass is 9.88. The maximum Gasteiger partial charge on any atom is 0.160 e. The Morgan fingerprint density at radius 1 is 0.280 bits per heavy atom. The number of hydrogen-bond donors (Lipinski definition) is 0. The summed E-state index contributed by atoms with van der Waals surface area (Å²) in [4.78, 5) is 14.6. The third-order valence-electron chi connectivity index (χ3n) is 10.0. The molecule has 2 heterocycles. The third kappa shape index (κ3) is 4.48. The first-order valence-corrected chi connectivity index (χ1v) is 16.9. The van der Waals surface area contributed by atoms with Gasteiger partial charge in [0.2, 0.25) is 0 Å². The Labute approximate surface area is 289 Å². The number of nitrogens with zero attached hydrogens (tertiary/aromatic N) is 3. The molecular formula is C47H29N3. The second-order valence-electron chi connectivity index (χ2n) is 12.8. The zero-order chi connectivity index (χ0) is 33.0. The van der Waals surface area contributed by atoms with Crippen LogP contribution in [0.4, 0.5) is 0 Å². The quantitative estimate of drug-likeness (QED) is 0.143. The Bertz CT molecular complexity index is 2860. The second-order valence-corrected chi connectivity index (χ2v) is 12.8. The van der Waals surface area contributed by atoms with Crippen molar-refractivity contribution < 1.29 is 0 Å². The number of fused-ring (bicyclic) bond motifs is 8. The molecule has 0 fully saturated rings. The second kappa shape index (κ2) is 11.5. The first-order valence-electron chi connectivity index (χ1n) is 16.9. The third-order valence-corrected chi connectivity index (χ3v) is 10.0. The van der Waals surface area contributed by atoms with Crippen LogP contribution >= 0.6 is 0 Å². The van der Waals surface area contributed by atoms with E-state index in [1.165, 1.54) is 37.9 Å². The lowest BCUT2D eigenvalue weighted by Gasteiger charge is -2.17. The minimum atomic E-state index is 0.713. The molecule has 10 aromatic rings. The van der Waals surface area contributed by atoms with E-state index in [1.807, 2.05) is 24.7 Å².